The first-order chi connectivity index (χ1) is 1.73. The molecule has 0 N–H and O–H groups in total. The van der Waals surface area contributed by atoms with E-state index in [1.807, 2.05) is 0 Å². The van der Waals surface area contributed by atoms with Crippen molar-refractivity contribution in [2.45, 2.75) is 0 Å². The molecule has 0 nitrogen and oxygen atoms in total. The molecule has 0 aliphatic carbocycles. The molecule has 0 unspecified atom stereocenters. The van der Waals surface area contributed by atoms with Crippen molar-refractivity contribution in [1.29, 1.82) is 0 Å². The molecule has 0 heterocycles. The van der Waals surface area contributed by atoms with Gasteiger partial charge in [-0.25, -0.2) is 0 Å². The zero-order valence-corrected chi connectivity index (χ0v) is 7.09. The van der Waals surface area contributed by atoms with Crippen LogP contribution in [-0.4, -0.2) is 0 Å². The maximum absolute atomic E-state index is 4.95. The first kappa shape index (κ1) is 10.1. The number of hydrogen-bond donors (Lipinski definition) is 0. The molecule has 5 heavy (non-hydrogen) atoms. The van der Waals surface area contributed by atoms with Gasteiger partial charge in [-0.3, -0.25) is 0 Å². The molecule has 0 bridgehead atoms. The normalized spacial score (nSPS) is 7.20. The Bertz CT molecular complexity index is 9.61. The van der Waals surface area contributed by atoms with Gasteiger partial charge in [0.2, 0.25) is 0 Å². The maximum atomic E-state index is 4.95. The fourth-order valence-corrected chi connectivity index (χ4v) is 0. The summed E-state index contributed by atoms with van der Waals surface area (Å²) in [5, 5.41) is 0. The Labute approximate surface area is 59.9 Å². The van der Waals surface area contributed by atoms with Crippen molar-refractivity contribution in [3.05, 3.63) is 0 Å². The van der Waals surface area contributed by atoms with Crippen LogP contribution in [-0.2, 0) is 30.8 Å². The molecule has 0 spiro atoms. The van der Waals surface area contributed by atoms with E-state index in [-0.39, 0.29) is 18.6 Å². The summed E-state index contributed by atoms with van der Waals surface area (Å²) in [5.41, 5.74) is 0. The van der Waals surface area contributed by atoms with Gasteiger partial charge in [-0.15, -0.1) is 0 Å². The van der Waals surface area contributed by atoms with Crippen LogP contribution in [0.4, 0.5) is 0 Å². The van der Waals surface area contributed by atoms with Gasteiger partial charge in [-0.1, -0.05) is 0 Å². The van der Waals surface area contributed by atoms with E-state index in [1.54, 1.807) is 0 Å². The Morgan fingerprint density at radius 3 is 1.00 bits per heavy atom. The van der Waals surface area contributed by atoms with Crippen molar-refractivity contribution in [3.8, 4) is 0 Å². The standard InChI is InChI=1S/3ClH.2V/h3*1H;;/q;;;;+3/p-3. The first-order valence-corrected chi connectivity index (χ1v) is 6.27. The molecule has 0 aromatic heterocycles. The van der Waals surface area contributed by atoms with Gasteiger partial charge >= 0.3 is 41.8 Å². The molecule has 0 aromatic carbocycles. The second-order valence-electron chi connectivity index (χ2n) is 0.192. The third-order valence-corrected chi connectivity index (χ3v) is 0. The van der Waals surface area contributed by atoms with Gasteiger partial charge in [-0.05, 0) is 0 Å². The summed E-state index contributed by atoms with van der Waals surface area (Å²) in [4.78, 5) is 0. The van der Waals surface area contributed by atoms with Gasteiger partial charge in [0.25, 0.3) is 0 Å². The van der Waals surface area contributed by atoms with Crippen molar-refractivity contribution < 1.29 is 30.8 Å². The monoisotopic (exact) mass is 207 g/mol. The molecular weight excluding hydrogens is 208 g/mol. The summed E-state index contributed by atoms with van der Waals surface area (Å²) >= 11 is -1.77. The van der Waals surface area contributed by atoms with Gasteiger partial charge in [0, 0.05) is 18.6 Å². The average molecular weight is 208 g/mol. The molecule has 0 aliphatic rings. The predicted molar refractivity (Wildman–Crippen MR) is 17.6 cm³/mol. The van der Waals surface area contributed by atoms with Gasteiger partial charge in [0.1, 0.15) is 0 Å². The number of halogens is 3. The number of rotatable bonds is 0. The van der Waals surface area contributed by atoms with Gasteiger partial charge in [0.05, 0.1) is 0 Å². The molecule has 0 saturated heterocycles. The Kier molecular flexibility index (Phi) is 12.2. The first-order valence-electron chi connectivity index (χ1n) is 0.507. The fraction of sp³-hybridized carbons (Fsp3) is 0. The minimum Gasteiger partial charge on any atom is 0 e. The van der Waals surface area contributed by atoms with E-state index in [2.05, 4.69) is 0 Å². The van der Waals surface area contributed by atoms with E-state index in [9.17, 15) is 0 Å². The zero-order chi connectivity index (χ0) is 3.58. The maximum Gasteiger partial charge on any atom is 0 e. The minimum atomic E-state index is -1.77. The summed E-state index contributed by atoms with van der Waals surface area (Å²) in [6.07, 6.45) is 0. The van der Waals surface area contributed by atoms with E-state index in [1.165, 1.54) is 0 Å². The Hall–Kier alpha value is 2.04. The summed E-state index contributed by atoms with van der Waals surface area (Å²) in [6, 6.07) is 0. The Morgan fingerprint density at radius 2 is 1.00 bits per heavy atom. The smallest absolute Gasteiger partial charge is 0 e. The molecule has 1 radical (unpaired) electrons. The quantitative estimate of drug-likeness (QED) is 0.571. The molecule has 0 aromatic rings. The molecule has 5 heteroatoms. The van der Waals surface area contributed by atoms with Crippen LogP contribution < -0.4 is 0 Å². The molecular formula is Cl3V2. The van der Waals surface area contributed by atoms with Crippen LogP contribution in [0.15, 0.2) is 0 Å². The zero-order valence-electron chi connectivity index (χ0n) is 2.03. The summed E-state index contributed by atoms with van der Waals surface area (Å²) in [5.74, 6) is 0. The van der Waals surface area contributed by atoms with Crippen molar-refractivity contribution in [1.82, 2.24) is 0 Å². The minimum absolute atomic E-state index is 0. The molecule has 0 fully saturated rings. The van der Waals surface area contributed by atoms with Crippen LogP contribution in [0, 0.1) is 0 Å². The molecule has 0 rings (SSSR count). The van der Waals surface area contributed by atoms with Crippen LogP contribution in [0.1, 0.15) is 0 Å². The van der Waals surface area contributed by atoms with E-state index in [0.29, 0.717) is 0 Å². The molecule has 0 atom stereocenters. The van der Waals surface area contributed by atoms with Crippen molar-refractivity contribution >= 4 is 29.5 Å². The van der Waals surface area contributed by atoms with Crippen molar-refractivity contribution in [2.24, 2.45) is 0 Å². The Morgan fingerprint density at radius 1 is 1.00 bits per heavy atom. The third kappa shape index (κ3) is 23.7. The van der Waals surface area contributed by atoms with Crippen LogP contribution in [0.3, 0.4) is 0 Å². The van der Waals surface area contributed by atoms with E-state index in [4.69, 9.17) is 29.5 Å². The van der Waals surface area contributed by atoms with Gasteiger partial charge in [0.15, 0.2) is 0 Å². The average Bonchev–Trinajstić information content (AvgIpc) is 0.811. The van der Waals surface area contributed by atoms with Crippen LogP contribution in [0.2, 0.25) is 0 Å². The molecule has 0 saturated carbocycles. The third-order valence-electron chi connectivity index (χ3n) is 0. The van der Waals surface area contributed by atoms with E-state index in [0.717, 1.165) is 0 Å². The van der Waals surface area contributed by atoms with Crippen LogP contribution in [0.5, 0.6) is 0 Å². The molecule has 0 aliphatic heterocycles. The van der Waals surface area contributed by atoms with Crippen molar-refractivity contribution in [2.75, 3.05) is 0 Å². The summed E-state index contributed by atoms with van der Waals surface area (Å²) in [6.45, 7) is 0. The SMILES string of the molecule is [Cl][V]([Cl])[Cl].[V]. The van der Waals surface area contributed by atoms with Crippen LogP contribution >= 0.6 is 29.5 Å². The summed E-state index contributed by atoms with van der Waals surface area (Å²) < 4.78 is 0. The second kappa shape index (κ2) is 6.04. The Balaban J connectivity index is 0. The van der Waals surface area contributed by atoms with Crippen molar-refractivity contribution in [3.63, 3.8) is 0 Å². The fourth-order valence-electron chi connectivity index (χ4n) is 0. The van der Waals surface area contributed by atoms with Crippen LogP contribution in [0.25, 0.3) is 0 Å². The second-order valence-corrected chi connectivity index (χ2v) is 7.11. The van der Waals surface area contributed by atoms with E-state index < -0.39 is 12.3 Å². The van der Waals surface area contributed by atoms with Gasteiger partial charge < -0.3 is 0 Å². The topological polar surface area (TPSA) is 0 Å². The van der Waals surface area contributed by atoms with E-state index >= 15 is 0 Å². The van der Waals surface area contributed by atoms with Gasteiger partial charge in [-0.2, -0.15) is 0 Å². The molecule has 31 valence electrons. The predicted octanol–water partition coefficient (Wildman–Crippen LogP) is 2.06. The molecule has 0 amide bonds. The summed E-state index contributed by atoms with van der Waals surface area (Å²) in [7, 11) is 14.9. The largest absolute Gasteiger partial charge is 0 e. The number of hydrogen-bond acceptors (Lipinski definition) is 0.